The van der Waals surface area contributed by atoms with Crippen molar-refractivity contribution in [3.63, 3.8) is 0 Å². The molecule has 0 fully saturated rings. The summed E-state index contributed by atoms with van der Waals surface area (Å²) in [5.41, 5.74) is 1.73. The highest BCUT2D eigenvalue weighted by Crippen LogP contribution is 2.29. The highest BCUT2D eigenvalue weighted by atomic mass is 35.5. The summed E-state index contributed by atoms with van der Waals surface area (Å²) in [5, 5.41) is 10.0. The van der Waals surface area contributed by atoms with E-state index in [1.807, 2.05) is 55.8 Å². The molecule has 0 atom stereocenters. The number of thioether (sulfide) groups is 1. The van der Waals surface area contributed by atoms with Gasteiger partial charge < -0.3 is 4.57 Å². The van der Waals surface area contributed by atoms with E-state index in [2.05, 4.69) is 10.2 Å². The van der Waals surface area contributed by atoms with Crippen molar-refractivity contribution in [2.24, 2.45) is 7.05 Å². The minimum Gasteiger partial charge on any atom is -0.305 e. The van der Waals surface area contributed by atoms with Gasteiger partial charge in [0.25, 0.3) is 0 Å². The summed E-state index contributed by atoms with van der Waals surface area (Å²) >= 11 is 7.75. The largest absolute Gasteiger partial charge is 0.305 e. The van der Waals surface area contributed by atoms with Crippen molar-refractivity contribution in [3.05, 3.63) is 59.1 Å². The summed E-state index contributed by atoms with van der Waals surface area (Å²) in [6, 6.07) is 14.5. The Kier molecular flexibility index (Phi) is 7.00. The van der Waals surface area contributed by atoms with E-state index >= 15 is 0 Å². The molecule has 1 aromatic heterocycles. The van der Waals surface area contributed by atoms with E-state index in [0.29, 0.717) is 30.2 Å². The molecule has 0 aliphatic rings. The van der Waals surface area contributed by atoms with Crippen LogP contribution in [0.1, 0.15) is 19.4 Å². The minimum absolute atomic E-state index is 0.256. The Hall–Kier alpha value is -1.87. The van der Waals surface area contributed by atoms with Gasteiger partial charge in [0.1, 0.15) is 0 Å². The van der Waals surface area contributed by atoms with E-state index in [0.717, 1.165) is 15.7 Å². The molecule has 0 aliphatic carbocycles. The highest BCUT2D eigenvalue weighted by Gasteiger charge is 2.22. The third-order valence-corrected chi connectivity index (χ3v) is 8.07. The van der Waals surface area contributed by atoms with Crippen molar-refractivity contribution < 1.29 is 8.42 Å². The molecule has 6 nitrogen and oxygen atoms in total. The van der Waals surface area contributed by atoms with E-state index in [1.165, 1.54) is 16.1 Å². The topological polar surface area (TPSA) is 68.1 Å². The Morgan fingerprint density at radius 3 is 2.48 bits per heavy atom. The predicted molar refractivity (Wildman–Crippen MR) is 118 cm³/mol. The second-order valence-corrected chi connectivity index (χ2v) is 9.65. The number of hydrogen-bond acceptors (Lipinski definition) is 5. The zero-order chi connectivity index (χ0) is 21.0. The SMILES string of the molecule is CCN(CC)S(=O)(=O)c1cccc(-c2nnc(SCc3ccccc3Cl)n2C)c1. The molecule has 2 aromatic carbocycles. The number of hydrogen-bond donors (Lipinski definition) is 0. The van der Waals surface area contributed by atoms with Gasteiger partial charge in [-0.3, -0.25) is 0 Å². The van der Waals surface area contributed by atoms with Gasteiger partial charge >= 0.3 is 0 Å². The van der Waals surface area contributed by atoms with Crippen molar-refractivity contribution in [2.75, 3.05) is 13.1 Å². The fraction of sp³-hybridized carbons (Fsp3) is 0.300. The Morgan fingerprint density at radius 1 is 1.07 bits per heavy atom. The molecule has 154 valence electrons. The third-order valence-electron chi connectivity index (χ3n) is 4.58. The van der Waals surface area contributed by atoms with Crippen LogP contribution < -0.4 is 0 Å². The lowest BCUT2D eigenvalue weighted by atomic mass is 10.2. The maximum Gasteiger partial charge on any atom is 0.243 e. The van der Waals surface area contributed by atoms with E-state index in [-0.39, 0.29) is 4.90 Å². The smallest absolute Gasteiger partial charge is 0.243 e. The molecule has 0 spiro atoms. The van der Waals surface area contributed by atoms with Crippen LogP contribution in [-0.4, -0.2) is 40.6 Å². The highest BCUT2D eigenvalue weighted by molar-refractivity contribution is 7.98. The first-order valence-corrected chi connectivity index (χ1v) is 12.0. The van der Waals surface area contributed by atoms with Gasteiger partial charge in [0.15, 0.2) is 11.0 Å². The van der Waals surface area contributed by atoms with Crippen molar-refractivity contribution in [1.29, 1.82) is 0 Å². The first-order valence-electron chi connectivity index (χ1n) is 9.24. The fourth-order valence-electron chi connectivity index (χ4n) is 2.96. The zero-order valence-electron chi connectivity index (χ0n) is 16.5. The van der Waals surface area contributed by atoms with Gasteiger partial charge in [-0.15, -0.1) is 10.2 Å². The van der Waals surface area contributed by atoms with Crippen molar-refractivity contribution in [3.8, 4) is 11.4 Å². The Balaban J connectivity index is 1.86. The molecule has 0 N–H and O–H groups in total. The summed E-state index contributed by atoms with van der Waals surface area (Å²) < 4.78 is 29.0. The van der Waals surface area contributed by atoms with Gasteiger partial charge in [0, 0.05) is 36.5 Å². The van der Waals surface area contributed by atoms with Crippen LogP contribution >= 0.6 is 23.4 Å². The van der Waals surface area contributed by atoms with E-state index < -0.39 is 10.0 Å². The zero-order valence-corrected chi connectivity index (χ0v) is 18.9. The number of benzene rings is 2. The van der Waals surface area contributed by atoms with Crippen LogP contribution in [0.3, 0.4) is 0 Å². The molecule has 3 aromatic rings. The molecule has 3 rings (SSSR count). The van der Waals surface area contributed by atoms with Crippen LogP contribution in [0.2, 0.25) is 5.02 Å². The number of sulfonamides is 1. The number of aromatic nitrogens is 3. The van der Waals surface area contributed by atoms with E-state index in [9.17, 15) is 8.42 Å². The van der Waals surface area contributed by atoms with Gasteiger partial charge in [0.2, 0.25) is 10.0 Å². The summed E-state index contributed by atoms with van der Waals surface area (Å²) in [7, 11) is -1.66. The molecule has 0 amide bonds. The molecule has 29 heavy (non-hydrogen) atoms. The van der Waals surface area contributed by atoms with Gasteiger partial charge in [-0.1, -0.05) is 67.5 Å². The molecule has 0 saturated heterocycles. The Morgan fingerprint density at radius 2 is 1.79 bits per heavy atom. The van der Waals surface area contributed by atoms with E-state index in [4.69, 9.17) is 11.6 Å². The van der Waals surface area contributed by atoms with Gasteiger partial charge in [-0.2, -0.15) is 4.31 Å². The lowest BCUT2D eigenvalue weighted by molar-refractivity contribution is 0.445. The fourth-order valence-corrected chi connectivity index (χ4v) is 5.66. The Labute approximate surface area is 181 Å². The molecule has 0 unspecified atom stereocenters. The van der Waals surface area contributed by atoms with Gasteiger partial charge in [-0.05, 0) is 23.8 Å². The van der Waals surface area contributed by atoms with Gasteiger partial charge in [-0.25, -0.2) is 8.42 Å². The monoisotopic (exact) mass is 450 g/mol. The molecular weight excluding hydrogens is 428 g/mol. The number of halogens is 1. The first kappa shape index (κ1) is 21.8. The summed E-state index contributed by atoms with van der Waals surface area (Å²) in [6.07, 6.45) is 0. The molecule has 9 heteroatoms. The number of rotatable bonds is 8. The maximum atomic E-state index is 12.8. The third kappa shape index (κ3) is 4.66. The van der Waals surface area contributed by atoms with Gasteiger partial charge in [0.05, 0.1) is 4.90 Å². The lowest BCUT2D eigenvalue weighted by Gasteiger charge is -2.18. The first-order chi connectivity index (χ1) is 13.9. The Bertz CT molecular complexity index is 1100. The maximum absolute atomic E-state index is 12.8. The average Bonchev–Trinajstić information content (AvgIpc) is 3.08. The average molecular weight is 451 g/mol. The second-order valence-electron chi connectivity index (χ2n) is 6.36. The molecule has 1 heterocycles. The molecule has 0 bridgehead atoms. The van der Waals surface area contributed by atoms with Crippen LogP contribution in [0.4, 0.5) is 0 Å². The van der Waals surface area contributed by atoms with Crippen LogP contribution in [0.25, 0.3) is 11.4 Å². The molecule has 0 radical (unpaired) electrons. The molecule has 0 aliphatic heterocycles. The van der Waals surface area contributed by atoms with Crippen LogP contribution in [0.15, 0.2) is 58.6 Å². The summed E-state index contributed by atoms with van der Waals surface area (Å²) in [6.45, 7) is 4.51. The molecular formula is C20H23ClN4O2S2. The summed E-state index contributed by atoms with van der Waals surface area (Å²) in [5.74, 6) is 1.28. The lowest BCUT2D eigenvalue weighted by Crippen LogP contribution is -2.30. The van der Waals surface area contributed by atoms with E-state index in [1.54, 1.807) is 18.2 Å². The minimum atomic E-state index is -3.53. The second kappa shape index (κ2) is 9.30. The van der Waals surface area contributed by atoms with Crippen molar-refractivity contribution >= 4 is 33.4 Å². The van der Waals surface area contributed by atoms with Crippen LogP contribution in [0, 0.1) is 0 Å². The molecule has 0 saturated carbocycles. The normalized spacial score (nSPS) is 11.9. The predicted octanol–water partition coefficient (Wildman–Crippen LogP) is 4.46. The summed E-state index contributed by atoms with van der Waals surface area (Å²) in [4.78, 5) is 0.256. The standard InChI is InChI=1S/C20H23ClN4O2S2/c1-4-25(5-2)29(26,27)17-11-8-10-15(13-17)19-22-23-20(24(19)3)28-14-16-9-6-7-12-18(16)21/h6-13H,4-5,14H2,1-3H3. The van der Waals surface area contributed by atoms with Crippen LogP contribution in [0.5, 0.6) is 0 Å². The quantitative estimate of drug-likeness (QED) is 0.474. The van der Waals surface area contributed by atoms with Crippen molar-refractivity contribution in [2.45, 2.75) is 29.7 Å². The van der Waals surface area contributed by atoms with Crippen LogP contribution in [-0.2, 0) is 22.8 Å². The van der Waals surface area contributed by atoms with Crippen molar-refractivity contribution in [1.82, 2.24) is 19.1 Å². The number of nitrogens with zero attached hydrogens (tertiary/aromatic N) is 4.